The topological polar surface area (TPSA) is 104 Å². The fraction of sp³-hybridized carbons (Fsp3) is 0. The number of nitrogens with zero attached hydrogens (tertiary/aromatic N) is 4. The van der Waals surface area contributed by atoms with Gasteiger partial charge in [0.2, 0.25) is 23.6 Å². The molecule has 0 bridgehead atoms. The van der Waals surface area contributed by atoms with E-state index in [1.54, 1.807) is 66.7 Å². The molecular weight excluding hydrogens is 437 g/mol. The summed E-state index contributed by atoms with van der Waals surface area (Å²) in [6.45, 7) is 0. The predicted octanol–water partition coefficient (Wildman–Crippen LogP) is 6.01. The van der Waals surface area contributed by atoms with Crippen molar-refractivity contribution in [2.45, 2.75) is 0 Å². The maximum absolute atomic E-state index is 6.09. The molecule has 9 heteroatoms. The molecule has 0 aliphatic carbocycles. The quantitative estimate of drug-likeness (QED) is 0.335. The van der Waals surface area contributed by atoms with Crippen LogP contribution in [0.5, 0.6) is 0 Å². The van der Waals surface area contributed by atoms with Gasteiger partial charge in [0.05, 0.1) is 0 Å². The van der Waals surface area contributed by atoms with Crippen LogP contribution >= 0.6 is 23.2 Å². The van der Waals surface area contributed by atoms with Crippen LogP contribution in [0.15, 0.2) is 75.6 Å². The number of benzene rings is 3. The standard InChI is InChI=1S/C22H13Cl2N5O2/c23-16-5-1-12(2-6-16)19-26-28-21(30-19)14-9-15(11-18(25)10-14)22-29-27-20(31-22)13-3-7-17(24)8-4-13/h1-11H,25H2. The van der Waals surface area contributed by atoms with E-state index in [9.17, 15) is 0 Å². The van der Waals surface area contributed by atoms with Crippen molar-refractivity contribution in [3.8, 4) is 45.8 Å². The highest BCUT2D eigenvalue weighted by Gasteiger charge is 2.16. The molecule has 0 aliphatic rings. The molecule has 3 aromatic carbocycles. The van der Waals surface area contributed by atoms with E-state index in [0.717, 1.165) is 11.1 Å². The molecule has 0 aliphatic heterocycles. The highest BCUT2D eigenvalue weighted by Crippen LogP contribution is 2.31. The van der Waals surface area contributed by atoms with Crippen molar-refractivity contribution in [2.24, 2.45) is 0 Å². The van der Waals surface area contributed by atoms with Crippen molar-refractivity contribution in [3.63, 3.8) is 0 Å². The Kier molecular flexibility index (Phi) is 4.89. The van der Waals surface area contributed by atoms with Crippen molar-refractivity contribution in [1.82, 2.24) is 20.4 Å². The van der Waals surface area contributed by atoms with E-state index in [-0.39, 0.29) is 0 Å². The summed E-state index contributed by atoms with van der Waals surface area (Å²) >= 11 is 11.9. The lowest BCUT2D eigenvalue weighted by atomic mass is 10.1. The third-order valence-corrected chi connectivity index (χ3v) is 4.99. The molecule has 0 saturated heterocycles. The number of nitrogen functional groups attached to an aromatic ring is 1. The lowest BCUT2D eigenvalue weighted by Crippen LogP contribution is -1.89. The molecule has 5 rings (SSSR count). The van der Waals surface area contributed by atoms with E-state index in [0.29, 0.717) is 50.4 Å². The number of halogens is 2. The number of aromatic nitrogens is 4. The molecule has 0 saturated carbocycles. The number of rotatable bonds is 4. The summed E-state index contributed by atoms with van der Waals surface area (Å²) in [5, 5.41) is 17.8. The van der Waals surface area contributed by atoms with Crippen LogP contribution in [0.2, 0.25) is 10.0 Å². The summed E-state index contributed by atoms with van der Waals surface area (Å²) < 4.78 is 11.7. The second kappa shape index (κ2) is 7.86. The highest BCUT2D eigenvalue weighted by atomic mass is 35.5. The molecular formula is C22H13Cl2N5O2. The van der Waals surface area contributed by atoms with Crippen LogP contribution in [0.4, 0.5) is 5.69 Å². The Bertz CT molecular complexity index is 1260. The molecule has 5 aromatic rings. The Hall–Kier alpha value is -3.68. The normalized spacial score (nSPS) is 11.0. The third-order valence-electron chi connectivity index (χ3n) is 4.48. The zero-order valence-corrected chi connectivity index (χ0v) is 17.3. The van der Waals surface area contributed by atoms with Gasteiger partial charge in [0.25, 0.3) is 0 Å². The van der Waals surface area contributed by atoms with Crippen LogP contribution in [-0.4, -0.2) is 20.4 Å². The number of nitrogens with two attached hydrogens (primary N) is 1. The van der Waals surface area contributed by atoms with E-state index >= 15 is 0 Å². The van der Waals surface area contributed by atoms with Gasteiger partial charge in [-0.05, 0) is 66.7 Å². The number of anilines is 1. The van der Waals surface area contributed by atoms with Gasteiger partial charge in [0, 0.05) is 38.0 Å². The molecule has 152 valence electrons. The monoisotopic (exact) mass is 449 g/mol. The minimum absolute atomic E-state index is 0.316. The van der Waals surface area contributed by atoms with E-state index in [1.807, 2.05) is 0 Å². The molecule has 0 amide bonds. The van der Waals surface area contributed by atoms with Crippen molar-refractivity contribution < 1.29 is 8.83 Å². The summed E-state index contributed by atoms with van der Waals surface area (Å²) in [6.07, 6.45) is 0. The van der Waals surface area contributed by atoms with Crippen LogP contribution in [0, 0.1) is 0 Å². The van der Waals surface area contributed by atoms with E-state index in [1.165, 1.54) is 0 Å². The number of hydrogen-bond donors (Lipinski definition) is 1. The van der Waals surface area contributed by atoms with Crippen molar-refractivity contribution in [2.75, 3.05) is 5.73 Å². The Morgan fingerprint density at radius 3 is 1.26 bits per heavy atom. The molecule has 0 fully saturated rings. The third kappa shape index (κ3) is 4.01. The maximum atomic E-state index is 6.09. The lowest BCUT2D eigenvalue weighted by Gasteiger charge is -2.02. The first-order valence-corrected chi connectivity index (χ1v) is 9.91. The first-order valence-electron chi connectivity index (χ1n) is 9.15. The predicted molar refractivity (Wildman–Crippen MR) is 118 cm³/mol. The van der Waals surface area contributed by atoms with E-state index in [2.05, 4.69) is 20.4 Å². The first kappa shape index (κ1) is 19.3. The summed E-state index contributed by atoms with van der Waals surface area (Å²) in [7, 11) is 0. The van der Waals surface area contributed by atoms with Crippen molar-refractivity contribution in [1.29, 1.82) is 0 Å². The summed E-state index contributed by atoms with van der Waals surface area (Å²) in [6, 6.07) is 19.5. The average molecular weight is 450 g/mol. The van der Waals surface area contributed by atoms with Gasteiger partial charge in [0.15, 0.2) is 0 Å². The Morgan fingerprint density at radius 1 is 0.516 bits per heavy atom. The largest absolute Gasteiger partial charge is 0.416 e. The molecule has 2 N–H and O–H groups in total. The van der Waals surface area contributed by atoms with Crippen LogP contribution in [0.3, 0.4) is 0 Å². The molecule has 31 heavy (non-hydrogen) atoms. The summed E-state index contributed by atoms with van der Waals surface area (Å²) in [4.78, 5) is 0. The minimum atomic E-state index is 0.316. The molecule has 2 heterocycles. The van der Waals surface area contributed by atoms with Gasteiger partial charge in [-0.25, -0.2) is 0 Å². The van der Waals surface area contributed by atoms with Gasteiger partial charge in [-0.3, -0.25) is 0 Å². The van der Waals surface area contributed by atoms with Crippen LogP contribution in [0.1, 0.15) is 0 Å². The van der Waals surface area contributed by atoms with Gasteiger partial charge in [-0.1, -0.05) is 23.2 Å². The van der Waals surface area contributed by atoms with Crippen molar-refractivity contribution >= 4 is 28.9 Å². The maximum Gasteiger partial charge on any atom is 0.248 e. The number of hydrogen-bond acceptors (Lipinski definition) is 7. The van der Waals surface area contributed by atoms with E-state index < -0.39 is 0 Å². The van der Waals surface area contributed by atoms with Gasteiger partial charge in [-0.2, -0.15) is 0 Å². The smallest absolute Gasteiger partial charge is 0.248 e. The molecule has 0 spiro atoms. The molecule has 7 nitrogen and oxygen atoms in total. The van der Waals surface area contributed by atoms with Gasteiger partial charge < -0.3 is 14.6 Å². The summed E-state index contributed by atoms with van der Waals surface area (Å²) in [5.41, 5.74) is 9.37. The van der Waals surface area contributed by atoms with Gasteiger partial charge in [-0.15, -0.1) is 20.4 Å². The first-order chi connectivity index (χ1) is 15.0. The van der Waals surface area contributed by atoms with Crippen LogP contribution < -0.4 is 5.73 Å². The Morgan fingerprint density at radius 2 is 0.871 bits per heavy atom. The Labute approximate surface area is 186 Å². The Balaban J connectivity index is 1.48. The minimum Gasteiger partial charge on any atom is -0.416 e. The zero-order chi connectivity index (χ0) is 21.4. The second-order valence-electron chi connectivity index (χ2n) is 6.68. The van der Waals surface area contributed by atoms with Gasteiger partial charge in [0.1, 0.15) is 0 Å². The highest BCUT2D eigenvalue weighted by molar-refractivity contribution is 6.30. The fourth-order valence-corrected chi connectivity index (χ4v) is 3.25. The molecule has 0 radical (unpaired) electrons. The van der Waals surface area contributed by atoms with E-state index in [4.69, 9.17) is 37.8 Å². The lowest BCUT2D eigenvalue weighted by molar-refractivity contribution is 0.582. The van der Waals surface area contributed by atoms with Crippen LogP contribution in [-0.2, 0) is 0 Å². The van der Waals surface area contributed by atoms with Crippen molar-refractivity contribution in [3.05, 3.63) is 76.8 Å². The fourth-order valence-electron chi connectivity index (χ4n) is 3.00. The zero-order valence-electron chi connectivity index (χ0n) is 15.8. The molecule has 2 aromatic heterocycles. The SMILES string of the molecule is Nc1cc(-c2nnc(-c3ccc(Cl)cc3)o2)cc(-c2nnc(-c3ccc(Cl)cc3)o2)c1. The summed E-state index contributed by atoms with van der Waals surface area (Å²) in [5.74, 6) is 1.38. The average Bonchev–Trinajstić information content (AvgIpc) is 3.45. The van der Waals surface area contributed by atoms with Gasteiger partial charge >= 0.3 is 0 Å². The second-order valence-corrected chi connectivity index (χ2v) is 7.56. The van der Waals surface area contributed by atoms with Crippen LogP contribution in [0.25, 0.3) is 45.8 Å². The molecule has 0 atom stereocenters. The molecule has 0 unspecified atom stereocenters.